The summed E-state index contributed by atoms with van der Waals surface area (Å²) in [6, 6.07) is 13.8. The zero-order valence-electron chi connectivity index (χ0n) is 30.5. The van der Waals surface area contributed by atoms with Gasteiger partial charge in [0.05, 0.1) is 28.9 Å². The SMILES string of the molecule is CCC(=O)N[C@H](C)[C@@H](C(=O)N1CCN(Cc2ccccn2)CC1)c1ccc(NC(=O)[C@@H](NC(=O)C(F)(F)c2cccc(C#N)c2)C2CCCCC2)c(F)c1. The summed E-state index contributed by atoms with van der Waals surface area (Å²) in [6.07, 6.45) is 5.27. The number of alkyl halides is 2. The third kappa shape index (κ3) is 9.82. The predicted molar refractivity (Wildman–Crippen MR) is 195 cm³/mol. The predicted octanol–water partition coefficient (Wildman–Crippen LogP) is 5.23. The molecule has 286 valence electrons. The number of pyridine rings is 1. The van der Waals surface area contributed by atoms with Crippen molar-refractivity contribution in [2.24, 2.45) is 5.92 Å². The van der Waals surface area contributed by atoms with Gasteiger partial charge in [-0.2, -0.15) is 14.0 Å². The highest BCUT2D eigenvalue weighted by molar-refractivity contribution is 5.98. The van der Waals surface area contributed by atoms with E-state index in [1.165, 1.54) is 24.3 Å². The molecule has 5 rings (SSSR count). The van der Waals surface area contributed by atoms with E-state index in [-0.39, 0.29) is 35.0 Å². The lowest BCUT2D eigenvalue weighted by molar-refractivity contribution is -0.149. The van der Waals surface area contributed by atoms with E-state index in [1.807, 2.05) is 18.2 Å². The number of nitriles is 1. The Morgan fingerprint density at radius 3 is 2.35 bits per heavy atom. The number of hydrogen-bond donors (Lipinski definition) is 3. The first kappa shape index (κ1) is 39.9. The fraction of sp³-hybridized carbons (Fsp3) is 0.450. The summed E-state index contributed by atoms with van der Waals surface area (Å²) >= 11 is 0. The molecule has 2 aromatic carbocycles. The summed E-state index contributed by atoms with van der Waals surface area (Å²) in [5.41, 5.74) is 0.203. The molecule has 2 heterocycles. The van der Waals surface area contributed by atoms with Gasteiger partial charge in [0.25, 0.3) is 5.91 Å². The topological polar surface area (TPSA) is 148 Å². The first-order chi connectivity index (χ1) is 25.9. The number of halogens is 3. The first-order valence-corrected chi connectivity index (χ1v) is 18.4. The van der Waals surface area contributed by atoms with Crippen molar-refractivity contribution in [3.63, 3.8) is 0 Å². The van der Waals surface area contributed by atoms with Crippen molar-refractivity contribution in [3.05, 3.63) is 95.1 Å². The fourth-order valence-electron chi connectivity index (χ4n) is 7.18. The molecule has 54 heavy (non-hydrogen) atoms. The lowest BCUT2D eigenvalue weighted by Crippen LogP contribution is -2.53. The van der Waals surface area contributed by atoms with Crippen molar-refractivity contribution in [3.8, 4) is 6.07 Å². The number of carbonyl (C=O) groups excluding carboxylic acids is 4. The lowest BCUT2D eigenvalue weighted by atomic mass is 9.83. The Balaban J connectivity index is 1.33. The molecule has 2 aliphatic rings. The van der Waals surface area contributed by atoms with Crippen LogP contribution in [0.1, 0.15) is 80.7 Å². The van der Waals surface area contributed by atoms with E-state index in [4.69, 9.17) is 5.26 Å². The van der Waals surface area contributed by atoms with Crippen LogP contribution < -0.4 is 16.0 Å². The normalized spacial score (nSPS) is 17.1. The number of anilines is 1. The van der Waals surface area contributed by atoms with E-state index in [0.717, 1.165) is 43.2 Å². The van der Waals surface area contributed by atoms with Gasteiger partial charge >= 0.3 is 5.92 Å². The summed E-state index contributed by atoms with van der Waals surface area (Å²) in [5, 5.41) is 16.7. The Kier molecular flexibility index (Phi) is 13.4. The van der Waals surface area contributed by atoms with Crippen LogP contribution in [0.2, 0.25) is 0 Å². The molecule has 0 radical (unpaired) electrons. The van der Waals surface area contributed by atoms with E-state index in [0.29, 0.717) is 45.6 Å². The molecule has 11 nitrogen and oxygen atoms in total. The number of carbonyl (C=O) groups is 4. The molecule has 1 saturated carbocycles. The van der Waals surface area contributed by atoms with Gasteiger partial charge in [-0.25, -0.2) is 4.39 Å². The van der Waals surface area contributed by atoms with Crippen LogP contribution in [0.15, 0.2) is 66.9 Å². The minimum Gasteiger partial charge on any atom is -0.353 e. The summed E-state index contributed by atoms with van der Waals surface area (Å²) in [4.78, 5) is 61.5. The van der Waals surface area contributed by atoms with Crippen molar-refractivity contribution in [2.45, 2.75) is 82.8 Å². The Morgan fingerprint density at radius 1 is 0.963 bits per heavy atom. The number of nitrogens with one attached hydrogen (secondary N) is 3. The molecule has 4 amide bonds. The monoisotopic (exact) mass is 745 g/mol. The minimum atomic E-state index is -4.05. The zero-order chi connectivity index (χ0) is 38.8. The number of benzene rings is 2. The molecule has 3 N–H and O–H groups in total. The molecule has 0 spiro atoms. The standard InChI is InChI=1S/C40H46F3N7O4/c1-3-34(51)46-26(2)35(38(53)50-20-18-49(19-21-50)25-31-14-7-8-17-45-31)29-15-16-33(32(41)23-29)47-37(52)36(28-11-5-4-6-12-28)48-39(54)40(42,43)30-13-9-10-27(22-30)24-44/h7-10,13-17,22-23,26,28,35-36H,3-6,11-12,18-21,25H2,1-2H3,(H,46,51)(H,47,52)(H,48,54)/t26-,35-,36+/m1/s1. The van der Waals surface area contributed by atoms with E-state index < -0.39 is 53.0 Å². The van der Waals surface area contributed by atoms with Crippen LogP contribution in [0.5, 0.6) is 0 Å². The summed E-state index contributed by atoms with van der Waals surface area (Å²) in [5.74, 6) is -9.47. The lowest BCUT2D eigenvalue weighted by Gasteiger charge is -2.37. The van der Waals surface area contributed by atoms with Crippen LogP contribution in [-0.4, -0.2) is 76.7 Å². The van der Waals surface area contributed by atoms with Crippen molar-refractivity contribution in [1.29, 1.82) is 5.26 Å². The van der Waals surface area contributed by atoms with Gasteiger partial charge in [-0.15, -0.1) is 0 Å². The van der Waals surface area contributed by atoms with Crippen LogP contribution in [0.4, 0.5) is 18.9 Å². The number of rotatable bonds is 13. The largest absolute Gasteiger partial charge is 0.353 e. The van der Waals surface area contributed by atoms with E-state index >= 15 is 13.2 Å². The second-order valence-electron chi connectivity index (χ2n) is 14.0. The van der Waals surface area contributed by atoms with Gasteiger partial charge in [0.2, 0.25) is 17.7 Å². The van der Waals surface area contributed by atoms with Gasteiger partial charge in [-0.3, -0.25) is 29.1 Å². The van der Waals surface area contributed by atoms with Gasteiger partial charge < -0.3 is 20.9 Å². The molecular formula is C40H46F3N7O4. The Bertz CT molecular complexity index is 1840. The Labute approximate surface area is 313 Å². The maximum atomic E-state index is 15.9. The van der Waals surface area contributed by atoms with Crippen LogP contribution >= 0.6 is 0 Å². The molecule has 3 aromatic rings. The summed E-state index contributed by atoms with van der Waals surface area (Å²) in [7, 11) is 0. The molecule has 3 atom stereocenters. The smallest absolute Gasteiger partial charge is 0.349 e. The van der Waals surface area contributed by atoms with Crippen LogP contribution in [0.3, 0.4) is 0 Å². The zero-order valence-corrected chi connectivity index (χ0v) is 30.5. The number of piperazine rings is 1. The van der Waals surface area contributed by atoms with Gasteiger partial charge in [0, 0.05) is 56.9 Å². The van der Waals surface area contributed by atoms with Crippen LogP contribution in [-0.2, 0) is 31.6 Å². The number of hydrogen-bond acceptors (Lipinski definition) is 7. The average molecular weight is 746 g/mol. The van der Waals surface area contributed by atoms with Gasteiger partial charge in [0.15, 0.2) is 0 Å². The van der Waals surface area contributed by atoms with Crippen molar-refractivity contribution in [1.82, 2.24) is 25.4 Å². The summed E-state index contributed by atoms with van der Waals surface area (Å²) in [6.45, 7) is 6.05. The van der Waals surface area contributed by atoms with Gasteiger partial charge in [0.1, 0.15) is 11.9 Å². The van der Waals surface area contributed by atoms with Crippen LogP contribution in [0, 0.1) is 23.1 Å². The van der Waals surface area contributed by atoms with Crippen molar-refractivity contribution < 1.29 is 32.3 Å². The second kappa shape index (κ2) is 18.2. The van der Waals surface area contributed by atoms with Gasteiger partial charge in [-0.1, -0.05) is 50.5 Å². The molecule has 14 heteroatoms. The molecule has 1 aliphatic carbocycles. The molecule has 1 saturated heterocycles. The first-order valence-electron chi connectivity index (χ1n) is 18.4. The maximum absolute atomic E-state index is 15.9. The molecule has 1 aromatic heterocycles. The molecule has 2 fully saturated rings. The number of nitrogens with zero attached hydrogens (tertiary/aromatic N) is 4. The molecule has 0 bridgehead atoms. The highest BCUT2D eigenvalue weighted by Gasteiger charge is 2.44. The maximum Gasteiger partial charge on any atom is 0.349 e. The Hall–Kier alpha value is -5.29. The van der Waals surface area contributed by atoms with Crippen molar-refractivity contribution in [2.75, 3.05) is 31.5 Å². The fourth-order valence-corrected chi connectivity index (χ4v) is 7.18. The second-order valence-corrected chi connectivity index (χ2v) is 14.0. The third-order valence-electron chi connectivity index (χ3n) is 10.2. The Morgan fingerprint density at radius 2 is 1.70 bits per heavy atom. The van der Waals surface area contributed by atoms with E-state index in [1.54, 1.807) is 31.0 Å². The van der Waals surface area contributed by atoms with Gasteiger partial charge in [-0.05, 0) is 67.6 Å². The molecule has 0 unspecified atom stereocenters. The number of aromatic nitrogens is 1. The van der Waals surface area contributed by atoms with Crippen molar-refractivity contribution >= 4 is 29.3 Å². The highest BCUT2D eigenvalue weighted by Crippen LogP contribution is 2.33. The molecule has 1 aliphatic heterocycles. The van der Waals surface area contributed by atoms with Crippen LogP contribution in [0.25, 0.3) is 0 Å². The average Bonchev–Trinajstić information content (AvgIpc) is 3.18. The van der Waals surface area contributed by atoms with E-state index in [9.17, 15) is 19.2 Å². The highest BCUT2D eigenvalue weighted by atomic mass is 19.3. The van der Waals surface area contributed by atoms with E-state index in [2.05, 4.69) is 25.8 Å². The minimum absolute atomic E-state index is 0.0503. The third-order valence-corrected chi connectivity index (χ3v) is 10.2. The number of amides is 4. The molecular weight excluding hydrogens is 699 g/mol. The quantitative estimate of drug-likeness (QED) is 0.217. The summed E-state index contributed by atoms with van der Waals surface area (Å²) < 4.78 is 46.6.